The molecule has 1 unspecified atom stereocenters. The number of nitrogens with zero attached hydrogens (tertiary/aromatic N) is 1. The van der Waals surface area contributed by atoms with Gasteiger partial charge in [0.1, 0.15) is 12.0 Å². The normalized spacial score (nSPS) is 12.6. The summed E-state index contributed by atoms with van der Waals surface area (Å²) in [5.74, 6) is -0.111. The van der Waals surface area contributed by atoms with Gasteiger partial charge in [-0.2, -0.15) is 0 Å². The van der Waals surface area contributed by atoms with E-state index in [0.717, 1.165) is 5.56 Å². The molecule has 0 saturated carbocycles. The molecule has 0 radical (unpaired) electrons. The van der Waals surface area contributed by atoms with E-state index in [2.05, 4.69) is 4.99 Å². The van der Waals surface area contributed by atoms with Crippen LogP contribution >= 0.6 is 11.6 Å². The quantitative estimate of drug-likeness (QED) is 0.500. The highest BCUT2D eigenvalue weighted by atomic mass is 35.5. The van der Waals surface area contributed by atoms with E-state index in [9.17, 15) is 9.90 Å². The van der Waals surface area contributed by atoms with Crippen LogP contribution in [-0.2, 0) is 0 Å². The monoisotopic (exact) mass is 345 g/mol. The number of ether oxygens (including phenoxy) is 1. The molecular formula is C19H20ClNO3. The third kappa shape index (κ3) is 5.18. The third-order valence-electron chi connectivity index (χ3n) is 3.33. The Kier molecular flexibility index (Phi) is 6.12. The van der Waals surface area contributed by atoms with Crippen molar-refractivity contribution in [1.82, 2.24) is 0 Å². The summed E-state index contributed by atoms with van der Waals surface area (Å²) in [6, 6.07) is 12.1. The van der Waals surface area contributed by atoms with Crippen molar-refractivity contribution in [3.05, 3.63) is 64.2 Å². The van der Waals surface area contributed by atoms with Crippen molar-refractivity contribution in [2.45, 2.75) is 27.0 Å². The standard InChI is InChI=1S/C19H20ClNO3/c1-12(2)18(22)21-11-14-8-16(20)10-17(9-14)24-19(23)15-6-4-5-13(3)7-15/h4-12,18,22H,1-3H3/b21-11+. The van der Waals surface area contributed by atoms with Crippen LogP contribution in [0.15, 0.2) is 47.5 Å². The smallest absolute Gasteiger partial charge is 0.343 e. The fourth-order valence-electron chi connectivity index (χ4n) is 1.99. The molecule has 4 nitrogen and oxygen atoms in total. The molecule has 2 aromatic carbocycles. The molecule has 0 aliphatic carbocycles. The molecule has 0 bridgehead atoms. The van der Waals surface area contributed by atoms with Crippen molar-refractivity contribution in [1.29, 1.82) is 0 Å². The predicted molar refractivity (Wildman–Crippen MR) is 96.0 cm³/mol. The summed E-state index contributed by atoms with van der Waals surface area (Å²) in [6.45, 7) is 5.65. The Balaban J connectivity index is 2.18. The topological polar surface area (TPSA) is 58.9 Å². The molecule has 0 aromatic heterocycles. The van der Waals surface area contributed by atoms with Crippen molar-refractivity contribution in [3.8, 4) is 5.75 Å². The fraction of sp³-hybridized carbons (Fsp3) is 0.263. The van der Waals surface area contributed by atoms with Crippen LogP contribution in [0.5, 0.6) is 5.75 Å². The highest BCUT2D eigenvalue weighted by Crippen LogP contribution is 2.21. The van der Waals surface area contributed by atoms with Gasteiger partial charge in [0.25, 0.3) is 0 Å². The van der Waals surface area contributed by atoms with Crippen LogP contribution in [0.4, 0.5) is 0 Å². The zero-order valence-corrected chi connectivity index (χ0v) is 14.6. The lowest BCUT2D eigenvalue weighted by molar-refractivity contribution is 0.0734. The first-order chi connectivity index (χ1) is 11.3. The van der Waals surface area contributed by atoms with E-state index in [-0.39, 0.29) is 5.92 Å². The van der Waals surface area contributed by atoms with Gasteiger partial charge in [0.05, 0.1) is 5.56 Å². The summed E-state index contributed by atoms with van der Waals surface area (Å²) >= 11 is 6.07. The van der Waals surface area contributed by atoms with Crippen molar-refractivity contribution in [2.75, 3.05) is 0 Å². The molecule has 0 aliphatic rings. The van der Waals surface area contributed by atoms with Crippen LogP contribution in [0.2, 0.25) is 5.02 Å². The Morgan fingerprint density at radius 1 is 1.25 bits per heavy atom. The van der Waals surface area contributed by atoms with E-state index in [1.54, 1.807) is 36.4 Å². The van der Waals surface area contributed by atoms with Crippen LogP contribution in [0, 0.1) is 12.8 Å². The number of hydrogen-bond acceptors (Lipinski definition) is 4. The number of hydrogen-bond donors (Lipinski definition) is 1. The Hall–Kier alpha value is -2.17. The molecule has 0 amide bonds. The predicted octanol–water partition coefficient (Wildman–Crippen LogP) is 4.26. The van der Waals surface area contributed by atoms with E-state index >= 15 is 0 Å². The van der Waals surface area contributed by atoms with E-state index in [1.807, 2.05) is 26.8 Å². The number of rotatable bonds is 5. The largest absolute Gasteiger partial charge is 0.423 e. The molecule has 0 heterocycles. The Morgan fingerprint density at radius 2 is 2.00 bits per heavy atom. The van der Waals surface area contributed by atoms with Gasteiger partial charge in [0.2, 0.25) is 0 Å². The van der Waals surface area contributed by atoms with Crippen LogP contribution in [-0.4, -0.2) is 23.5 Å². The molecule has 0 saturated heterocycles. The number of halogens is 1. The number of aliphatic imine (C=N–C) groups is 1. The van der Waals surface area contributed by atoms with Crippen molar-refractivity contribution in [2.24, 2.45) is 10.9 Å². The molecule has 2 aromatic rings. The zero-order chi connectivity index (χ0) is 17.7. The Labute approximate surface area is 146 Å². The summed E-state index contributed by atoms with van der Waals surface area (Å²) < 4.78 is 5.38. The zero-order valence-electron chi connectivity index (χ0n) is 13.9. The molecule has 0 spiro atoms. The Bertz CT molecular complexity index is 756. The minimum atomic E-state index is -0.790. The van der Waals surface area contributed by atoms with Crippen LogP contribution in [0.3, 0.4) is 0 Å². The summed E-state index contributed by atoms with van der Waals surface area (Å²) in [5.41, 5.74) is 2.10. The molecule has 0 aliphatic heterocycles. The first kappa shape index (κ1) is 18.2. The number of carbonyl (C=O) groups is 1. The minimum Gasteiger partial charge on any atom is -0.423 e. The number of aryl methyl sites for hydroxylation is 1. The maximum absolute atomic E-state index is 12.2. The highest BCUT2D eigenvalue weighted by Gasteiger charge is 2.10. The van der Waals surface area contributed by atoms with Gasteiger partial charge in [-0.3, -0.25) is 4.99 Å². The lowest BCUT2D eigenvalue weighted by atomic mass is 10.1. The van der Waals surface area contributed by atoms with E-state index in [1.165, 1.54) is 6.21 Å². The summed E-state index contributed by atoms with van der Waals surface area (Å²) in [6.07, 6.45) is 0.725. The average Bonchev–Trinajstić information content (AvgIpc) is 2.52. The lowest BCUT2D eigenvalue weighted by Crippen LogP contribution is -2.11. The van der Waals surface area contributed by atoms with E-state index in [0.29, 0.717) is 21.9 Å². The minimum absolute atomic E-state index is 0.0130. The van der Waals surface area contributed by atoms with Gasteiger partial charge >= 0.3 is 5.97 Å². The van der Waals surface area contributed by atoms with Crippen LogP contribution in [0.25, 0.3) is 0 Å². The third-order valence-corrected chi connectivity index (χ3v) is 3.55. The first-order valence-electron chi connectivity index (χ1n) is 7.66. The number of esters is 1. The van der Waals surface area contributed by atoms with Gasteiger partial charge in [0, 0.05) is 11.2 Å². The lowest BCUT2D eigenvalue weighted by Gasteiger charge is -2.09. The highest BCUT2D eigenvalue weighted by molar-refractivity contribution is 6.31. The van der Waals surface area contributed by atoms with Gasteiger partial charge in [-0.25, -0.2) is 4.79 Å². The maximum atomic E-state index is 12.2. The number of carbonyl (C=O) groups excluding carboxylic acids is 1. The molecule has 1 N–H and O–H groups in total. The number of aliphatic hydroxyl groups excluding tert-OH is 1. The second-order valence-corrected chi connectivity index (χ2v) is 6.35. The molecule has 0 fully saturated rings. The number of aliphatic hydroxyl groups is 1. The molecular weight excluding hydrogens is 326 g/mol. The van der Waals surface area contributed by atoms with Gasteiger partial charge in [-0.1, -0.05) is 43.1 Å². The van der Waals surface area contributed by atoms with Gasteiger partial charge in [-0.05, 0) is 48.7 Å². The fourth-order valence-corrected chi connectivity index (χ4v) is 2.22. The van der Waals surface area contributed by atoms with Crippen molar-refractivity contribution < 1.29 is 14.6 Å². The first-order valence-corrected chi connectivity index (χ1v) is 8.03. The van der Waals surface area contributed by atoms with Gasteiger partial charge in [0.15, 0.2) is 0 Å². The van der Waals surface area contributed by atoms with E-state index in [4.69, 9.17) is 16.3 Å². The number of benzene rings is 2. The van der Waals surface area contributed by atoms with Gasteiger partial charge in [-0.15, -0.1) is 0 Å². The van der Waals surface area contributed by atoms with Gasteiger partial charge < -0.3 is 9.84 Å². The average molecular weight is 346 g/mol. The molecule has 24 heavy (non-hydrogen) atoms. The second-order valence-electron chi connectivity index (χ2n) is 5.92. The maximum Gasteiger partial charge on any atom is 0.343 e. The summed E-state index contributed by atoms with van der Waals surface area (Å²) in [7, 11) is 0. The molecule has 126 valence electrons. The van der Waals surface area contributed by atoms with E-state index < -0.39 is 12.2 Å². The summed E-state index contributed by atoms with van der Waals surface area (Å²) in [4.78, 5) is 16.3. The molecule has 2 rings (SSSR count). The summed E-state index contributed by atoms with van der Waals surface area (Å²) in [5, 5.41) is 10.2. The van der Waals surface area contributed by atoms with Crippen molar-refractivity contribution in [3.63, 3.8) is 0 Å². The SMILES string of the molecule is Cc1cccc(C(=O)Oc2cc(Cl)cc(/C=N/C(O)C(C)C)c2)c1. The van der Waals surface area contributed by atoms with Crippen LogP contribution in [0.1, 0.15) is 35.3 Å². The van der Waals surface area contributed by atoms with Crippen LogP contribution < -0.4 is 4.74 Å². The molecule has 5 heteroatoms. The second kappa shape index (κ2) is 8.08. The van der Waals surface area contributed by atoms with Crippen molar-refractivity contribution >= 4 is 23.8 Å². The molecule has 1 atom stereocenters. The Morgan fingerprint density at radius 3 is 2.67 bits per heavy atom.